The van der Waals surface area contributed by atoms with Crippen molar-refractivity contribution in [2.24, 2.45) is 0 Å². The minimum absolute atomic E-state index is 0.120. The molecule has 20 heavy (non-hydrogen) atoms. The number of aromatic nitrogens is 2. The molecule has 6 heteroatoms. The van der Waals surface area contributed by atoms with Gasteiger partial charge in [-0.3, -0.25) is 4.79 Å². The van der Waals surface area contributed by atoms with Gasteiger partial charge in [0.05, 0.1) is 23.1 Å². The maximum atomic E-state index is 12.0. The van der Waals surface area contributed by atoms with E-state index >= 15 is 0 Å². The second-order valence-electron chi connectivity index (χ2n) is 5.50. The average Bonchev–Trinajstić information content (AvgIpc) is 2.93. The van der Waals surface area contributed by atoms with E-state index in [2.05, 4.69) is 15.3 Å². The van der Waals surface area contributed by atoms with Gasteiger partial charge in [-0.25, -0.2) is 4.79 Å². The van der Waals surface area contributed by atoms with Crippen LogP contribution in [0, 0.1) is 0 Å². The summed E-state index contributed by atoms with van der Waals surface area (Å²) in [5, 5.41) is 13.0. The van der Waals surface area contributed by atoms with Gasteiger partial charge in [-0.1, -0.05) is 12.8 Å². The summed E-state index contributed by atoms with van der Waals surface area (Å²) in [4.78, 5) is 28.4. The first-order chi connectivity index (χ1) is 9.54. The predicted octanol–water partition coefficient (Wildman–Crippen LogP) is 1.49. The van der Waals surface area contributed by atoms with Gasteiger partial charge in [0.25, 0.3) is 0 Å². The van der Waals surface area contributed by atoms with Crippen molar-refractivity contribution in [3.05, 3.63) is 28.7 Å². The fraction of sp³-hybridized carbons (Fsp3) is 0.429. The summed E-state index contributed by atoms with van der Waals surface area (Å²) < 4.78 is 0. The van der Waals surface area contributed by atoms with E-state index < -0.39 is 5.60 Å². The van der Waals surface area contributed by atoms with E-state index in [1.165, 1.54) is 0 Å². The average molecular weight is 275 g/mol. The number of amides is 1. The minimum atomic E-state index is -0.851. The van der Waals surface area contributed by atoms with Crippen LogP contribution in [-0.4, -0.2) is 26.6 Å². The van der Waals surface area contributed by atoms with Crippen molar-refractivity contribution in [1.29, 1.82) is 0 Å². The first-order valence-corrected chi connectivity index (χ1v) is 6.78. The van der Waals surface area contributed by atoms with E-state index in [9.17, 15) is 14.7 Å². The number of rotatable bonds is 3. The predicted molar refractivity (Wildman–Crippen MR) is 75.6 cm³/mol. The van der Waals surface area contributed by atoms with Crippen LogP contribution in [0.25, 0.3) is 11.0 Å². The monoisotopic (exact) mass is 275 g/mol. The van der Waals surface area contributed by atoms with Gasteiger partial charge in [0.1, 0.15) is 0 Å². The van der Waals surface area contributed by atoms with Crippen molar-refractivity contribution < 1.29 is 9.90 Å². The second kappa shape index (κ2) is 4.79. The molecule has 4 N–H and O–H groups in total. The smallest absolute Gasteiger partial charge is 0.323 e. The number of anilines is 1. The quantitative estimate of drug-likeness (QED) is 0.683. The third-order valence-corrected chi connectivity index (χ3v) is 3.82. The highest BCUT2D eigenvalue weighted by atomic mass is 16.3. The maximum absolute atomic E-state index is 12.0. The van der Waals surface area contributed by atoms with Crippen molar-refractivity contribution in [3.8, 4) is 0 Å². The number of hydrogen-bond acceptors (Lipinski definition) is 3. The molecule has 0 unspecified atom stereocenters. The van der Waals surface area contributed by atoms with Crippen molar-refractivity contribution in [2.45, 2.75) is 37.7 Å². The highest BCUT2D eigenvalue weighted by Gasteiger charge is 2.33. The lowest BCUT2D eigenvalue weighted by Gasteiger charge is -2.21. The summed E-state index contributed by atoms with van der Waals surface area (Å²) in [6, 6.07) is 5.15. The topological polar surface area (TPSA) is 98.0 Å². The van der Waals surface area contributed by atoms with Crippen molar-refractivity contribution in [2.75, 3.05) is 5.32 Å². The molecule has 1 aromatic heterocycles. The van der Waals surface area contributed by atoms with Gasteiger partial charge in [-0.05, 0) is 31.0 Å². The first-order valence-electron chi connectivity index (χ1n) is 6.78. The Morgan fingerprint density at radius 3 is 2.70 bits per heavy atom. The number of imidazole rings is 1. The van der Waals surface area contributed by atoms with Crippen molar-refractivity contribution in [1.82, 2.24) is 9.97 Å². The summed E-state index contributed by atoms with van der Waals surface area (Å²) in [5.74, 6) is -0.202. The molecule has 0 bridgehead atoms. The maximum Gasteiger partial charge on any atom is 0.323 e. The Hall–Kier alpha value is -2.08. The molecular formula is C14H17N3O3. The summed E-state index contributed by atoms with van der Waals surface area (Å²) >= 11 is 0. The summed E-state index contributed by atoms with van der Waals surface area (Å²) in [7, 11) is 0. The Morgan fingerprint density at radius 1 is 1.25 bits per heavy atom. The third-order valence-electron chi connectivity index (χ3n) is 3.82. The highest BCUT2D eigenvalue weighted by Crippen LogP contribution is 2.32. The Kier molecular flexibility index (Phi) is 3.10. The molecule has 1 fully saturated rings. The standard InChI is InChI=1S/C14H17N3O3/c18-12(8-14(20)5-1-2-6-14)15-9-3-4-10-11(7-9)17-13(19)16-10/h3-4,7,20H,1-2,5-6,8H2,(H,15,18)(H2,16,17,19). The molecule has 1 aliphatic carbocycles. The summed E-state index contributed by atoms with van der Waals surface area (Å²) in [6.45, 7) is 0. The number of carbonyl (C=O) groups is 1. The first kappa shape index (κ1) is 12.9. The van der Waals surface area contributed by atoms with E-state index in [-0.39, 0.29) is 18.0 Å². The molecule has 6 nitrogen and oxygen atoms in total. The van der Waals surface area contributed by atoms with Gasteiger partial charge >= 0.3 is 5.69 Å². The van der Waals surface area contributed by atoms with Gasteiger partial charge in [0.15, 0.2) is 0 Å². The molecule has 0 saturated heterocycles. The molecule has 0 radical (unpaired) electrons. The Balaban J connectivity index is 1.72. The lowest BCUT2D eigenvalue weighted by atomic mass is 9.97. The number of aromatic amines is 2. The van der Waals surface area contributed by atoms with Gasteiger partial charge in [-0.2, -0.15) is 0 Å². The van der Waals surface area contributed by atoms with Crippen LogP contribution in [-0.2, 0) is 4.79 Å². The molecular weight excluding hydrogens is 258 g/mol. The van der Waals surface area contributed by atoms with Crippen LogP contribution in [0.4, 0.5) is 5.69 Å². The van der Waals surface area contributed by atoms with E-state index in [1.54, 1.807) is 18.2 Å². The zero-order valence-corrected chi connectivity index (χ0v) is 11.0. The minimum Gasteiger partial charge on any atom is -0.389 e. The lowest BCUT2D eigenvalue weighted by molar-refractivity contribution is -0.120. The Morgan fingerprint density at radius 2 is 1.95 bits per heavy atom. The number of nitrogens with one attached hydrogen (secondary N) is 3. The number of hydrogen-bond donors (Lipinski definition) is 4. The molecule has 106 valence electrons. The molecule has 1 saturated carbocycles. The third kappa shape index (κ3) is 2.60. The van der Waals surface area contributed by atoms with E-state index in [0.717, 1.165) is 12.8 Å². The zero-order valence-electron chi connectivity index (χ0n) is 11.0. The Labute approximate surface area is 115 Å². The van der Waals surface area contributed by atoms with E-state index in [4.69, 9.17) is 0 Å². The number of carbonyl (C=O) groups excluding carboxylic acids is 1. The molecule has 2 aromatic rings. The van der Waals surface area contributed by atoms with E-state index in [1.807, 2.05) is 0 Å². The second-order valence-corrected chi connectivity index (χ2v) is 5.50. The van der Waals surface area contributed by atoms with E-state index in [0.29, 0.717) is 29.6 Å². The van der Waals surface area contributed by atoms with Crippen LogP contribution in [0.3, 0.4) is 0 Å². The van der Waals surface area contributed by atoms with Crippen molar-refractivity contribution in [3.63, 3.8) is 0 Å². The molecule has 0 atom stereocenters. The van der Waals surface area contributed by atoms with Crippen LogP contribution in [0.2, 0.25) is 0 Å². The molecule has 0 aliphatic heterocycles. The van der Waals surface area contributed by atoms with Gasteiger partial charge in [-0.15, -0.1) is 0 Å². The number of aliphatic hydroxyl groups is 1. The van der Waals surface area contributed by atoms with Crippen LogP contribution in [0.5, 0.6) is 0 Å². The molecule has 1 amide bonds. The summed E-state index contributed by atoms with van der Waals surface area (Å²) in [5.41, 5.74) is 0.828. The fourth-order valence-corrected chi connectivity index (χ4v) is 2.82. The zero-order chi connectivity index (χ0) is 14.2. The van der Waals surface area contributed by atoms with Gasteiger partial charge in [0.2, 0.25) is 5.91 Å². The highest BCUT2D eigenvalue weighted by molar-refractivity contribution is 5.93. The normalized spacial score (nSPS) is 17.4. The number of fused-ring (bicyclic) bond motifs is 1. The van der Waals surface area contributed by atoms with Crippen LogP contribution >= 0.6 is 0 Å². The lowest BCUT2D eigenvalue weighted by Crippen LogP contribution is -2.30. The fourth-order valence-electron chi connectivity index (χ4n) is 2.82. The van der Waals surface area contributed by atoms with Crippen LogP contribution in [0.15, 0.2) is 23.0 Å². The number of benzene rings is 1. The van der Waals surface area contributed by atoms with Crippen molar-refractivity contribution >= 4 is 22.6 Å². The molecule has 1 aliphatic rings. The van der Waals surface area contributed by atoms with Crippen LogP contribution < -0.4 is 11.0 Å². The summed E-state index contributed by atoms with van der Waals surface area (Å²) in [6.07, 6.45) is 3.44. The molecule has 0 spiro atoms. The SMILES string of the molecule is O=C(CC1(O)CCCC1)Nc1ccc2[nH]c(=O)[nH]c2c1. The Bertz CT molecular complexity index is 695. The molecule has 3 rings (SSSR count). The van der Waals surface area contributed by atoms with Gasteiger partial charge < -0.3 is 20.4 Å². The van der Waals surface area contributed by atoms with Crippen LogP contribution in [0.1, 0.15) is 32.1 Å². The van der Waals surface area contributed by atoms with Gasteiger partial charge in [0, 0.05) is 5.69 Å². The molecule has 1 aromatic carbocycles. The molecule has 1 heterocycles. The number of H-pyrrole nitrogens is 2. The largest absolute Gasteiger partial charge is 0.389 e.